The molecule has 1 saturated carbocycles. The molecule has 158 valence electrons. The number of methoxy groups -OCH3 is 1. The van der Waals surface area contributed by atoms with Gasteiger partial charge in [-0.3, -0.25) is 4.79 Å². The second kappa shape index (κ2) is 8.30. The summed E-state index contributed by atoms with van der Waals surface area (Å²) in [5, 5.41) is 10.4. The molecule has 0 aromatic heterocycles. The van der Waals surface area contributed by atoms with E-state index in [0.29, 0.717) is 18.1 Å². The normalized spacial score (nSPS) is 36.0. The van der Waals surface area contributed by atoms with Gasteiger partial charge in [0, 0.05) is 19.4 Å². The quantitative estimate of drug-likeness (QED) is 0.520. The van der Waals surface area contributed by atoms with Gasteiger partial charge in [-0.25, -0.2) is 4.79 Å². The molecule has 28 heavy (non-hydrogen) atoms. The molecule has 5 heteroatoms. The molecule has 1 fully saturated rings. The minimum Gasteiger partial charge on any atom is -0.512 e. The molecule has 1 N–H and O–H groups in total. The van der Waals surface area contributed by atoms with Crippen molar-refractivity contribution < 1.29 is 24.2 Å². The van der Waals surface area contributed by atoms with Crippen molar-refractivity contribution >= 4 is 11.9 Å². The topological polar surface area (TPSA) is 72.8 Å². The number of aliphatic hydroxyl groups is 1. The largest absolute Gasteiger partial charge is 0.512 e. The molecule has 0 heterocycles. The predicted molar refractivity (Wildman–Crippen MR) is 109 cm³/mol. The maximum absolute atomic E-state index is 11.8. The third-order valence-electron chi connectivity index (χ3n) is 7.69. The lowest BCUT2D eigenvalue weighted by Gasteiger charge is -2.60. The van der Waals surface area contributed by atoms with Crippen LogP contribution in [0.15, 0.2) is 23.0 Å². The first-order chi connectivity index (χ1) is 13.0. The van der Waals surface area contributed by atoms with E-state index in [9.17, 15) is 14.7 Å². The van der Waals surface area contributed by atoms with Crippen molar-refractivity contribution in [2.75, 3.05) is 7.11 Å². The van der Waals surface area contributed by atoms with Gasteiger partial charge < -0.3 is 14.6 Å². The van der Waals surface area contributed by atoms with Crippen molar-refractivity contribution in [3.05, 3.63) is 23.0 Å². The molecular weight excluding hydrogens is 356 g/mol. The molecule has 0 spiro atoms. The van der Waals surface area contributed by atoms with E-state index >= 15 is 0 Å². The fourth-order valence-electron chi connectivity index (χ4n) is 5.63. The Bertz CT molecular complexity index is 691. The highest BCUT2D eigenvalue weighted by Crippen LogP contribution is 2.63. The summed E-state index contributed by atoms with van der Waals surface area (Å²) in [6, 6.07) is 0. The number of esters is 2. The lowest BCUT2D eigenvalue weighted by atomic mass is 9.46. The number of carbonyl (C=O) groups excluding carboxylic acids is 2. The number of allylic oxidation sites excluding steroid dienone is 3. The van der Waals surface area contributed by atoms with Crippen molar-refractivity contribution in [1.82, 2.24) is 0 Å². The fourth-order valence-corrected chi connectivity index (χ4v) is 5.63. The van der Waals surface area contributed by atoms with E-state index < -0.39 is 0 Å². The number of aliphatic hydroxyl groups excluding tert-OH is 1. The molecule has 5 nitrogen and oxygen atoms in total. The summed E-state index contributed by atoms with van der Waals surface area (Å²) in [5.74, 6) is 0.462. The van der Waals surface area contributed by atoms with Crippen LogP contribution in [0.1, 0.15) is 73.6 Å². The van der Waals surface area contributed by atoms with E-state index in [4.69, 9.17) is 9.47 Å². The Morgan fingerprint density at radius 2 is 1.93 bits per heavy atom. The zero-order chi connectivity index (χ0) is 21.3. The predicted octanol–water partition coefficient (Wildman–Crippen LogP) is 5.11. The van der Waals surface area contributed by atoms with Gasteiger partial charge in [0.05, 0.1) is 12.9 Å². The summed E-state index contributed by atoms with van der Waals surface area (Å²) in [5.41, 5.74) is 1.73. The first-order valence-corrected chi connectivity index (χ1v) is 10.3. The summed E-state index contributed by atoms with van der Waals surface area (Å²) >= 11 is 0. The second-order valence-electron chi connectivity index (χ2n) is 9.24. The fraction of sp³-hybridized carbons (Fsp3) is 0.739. The number of hydrogen-bond donors (Lipinski definition) is 1. The van der Waals surface area contributed by atoms with Gasteiger partial charge in [-0.15, -0.1) is 0 Å². The summed E-state index contributed by atoms with van der Waals surface area (Å²) in [7, 11) is 1.38. The Morgan fingerprint density at radius 3 is 2.50 bits per heavy atom. The molecule has 2 aliphatic carbocycles. The van der Waals surface area contributed by atoms with Gasteiger partial charge >= 0.3 is 11.9 Å². The SMILES string of the molecule is COC(=O)C=C(C)CCC1(C)C(C)C(OC(C)=O)CC2(C)C(C)=C(O)CCC21. The van der Waals surface area contributed by atoms with Crippen LogP contribution < -0.4 is 0 Å². The molecule has 2 aliphatic rings. The van der Waals surface area contributed by atoms with E-state index in [1.54, 1.807) is 6.08 Å². The van der Waals surface area contributed by atoms with Crippen LogP contribution in [0.3, 0.4) is 0 Å². The van der Waals surface area contributed by atoms with Crippen LogP contribution in [-0.4, -0.2) is 30.3 Å². The number of rotatable bonds is 5. The highest BCUT2D eigenvalue weighted by atomic mass is 16.5. The number of ether oxygens (including phenoxy) is 2. The van der Waals surface area contributed by atoms with Crippen molar-refractivity contribution in [1.29, 1.82) is 0 Å². The summed E-state index contributed by atoms with van der Waals surface area (Å²) < 4.78 is 10.5. The first kappa shape index (κ1) is 22.5. The third-order valence-corrected chi connectivity index (χ3v) is 7.69. The summed E-state index contributed by atoms with van der Waals surface area (Å²) in [6.07, 6.45) is 5.40. The Balaban J connectivity index is 2.39. The lowest BCUT2D eigenvalue weighted by Crippen LogP contribution is -2.56. The average Bonchev–Trinajstić information content (AvgIpc) is 2.62. The summed E-state index contributed by atoms with van der Waals surface area (Å²) in [6.45, 7) is 12.1. The molecule has 0 saturated heterocycles. The minimum atomic E-state index is -0.330. The maximum Gasteiger partial charge on any atom is 0.330 e. The van der Waals surface area contributed by atoms with Gasteiger partial charge in [-0.2, -0.15) is 0 Å². The minimum absolute atomic E-state index is 0.0830. The molecule has 5 unspecified atom stereocenters. The van der Waals surface area contributed by atoms with Gasteiger partial charge in [0.25, 0.3) is 0 Å². The molecule has 2 rings (SSSR count). The maximum atomic E-state index is 11.8. The molecular formula is C23H36O5. The lowest BCUT2D eigenvalue weighted by molar-refractivity contribution is -0.170. The first-order valence-electron chi connectivity index (χ1n) is 10.3. The molecule has 0 aliphatic heterocycles. The smallest absolute Gasteiger partial charge is 0.330 e. The van der Waals surface area contributed by atoms with E-state index in [1.807, 2.05) is 13.8 Å². The van der Waals surface area contributed by atoms with Crippen LogP contribution in [0.5, 0.6) is 0 Å². The Kier molecular flexibility index (Phi) is 6.67. The molecule has 0 aromatic carbocycles. The Labute approximate surface area is 169 Å². The monoisotopic (exact) mass is 392 g/mol. The van der Waals surface area contributed by atoms with E-state index in [2.05, 4.69) is 20.8 Å². The van der Waals surface area contributed by atoms with Crippen LogP contribution in [0.2, 0.25) is 0 Å². The number of carbonyl (C=O) groups is 2. The van der Waals surface area contributed by atoms with E-state index in [0.717, 1.165) is 36.8 Å². The van der Waals surface area contributed by atoms with Crippen LogP contribution >= 0.6 is 0 Å². The molecule has 0 aromatic rings. The zero-order valence-electron chi connectivity index (χ0n) is 18.4. The van der Waals surface area contributed by atoms with Crippen LogP contribution in [0.25, 0.3) is 0 Å². The van der Waals surface area contributed by atoms with E-state index in [-0.39, 0.29) is 34.8 Å². The van der Waals surface area contributed by atoms with Crippen molar-refractivity contribution in [3.8, 4) is 0 Å². The van der Waals surface area contributed by atoms with Gasteiger partial charge in [-0.05, 0) is 67.8 Å². The third kappa shape index (κ3) is 4.13. The van der Waals surface area contributed by atoms with E-state index in [1.165, 1.54) is 14.0 Å². The van der Waals surface area contributed by atoms with Crippen molar-refractivity contribution in [2.45, 2.75) is 79.8 Å². The van der Waals surface area contributed by atoms with Gasteiger partial charge in [0.2, 0.25) is 0 Å². The summed E-state index contributed by atoms with van der Waals surface area (Å²) in [4.78, 5) is 23.3. The standard InChI is InChI=1S/C23H36O5/c1-14(12-21(26)27-7)10-11-22(5)16(3)19(28-17(4)24)13-23(6)15(2)18(25)8-9-20(22)23/h12,16,19-20,25H,8-11,13H2,1-7H3. The van der Waals surface area contributed by atoms with Gasteiger partial charge in [-0.1, -0.05) is 26.3 Å². The average molecular weight is 393 g/mol. The number of fused-ring (bicyclic) bond motifs is 1. The van der Waals surface area contributed by atoms with Crippen LogP contribution in [0, 0.1) is 22.7 Å². The molecule has 5 atom stereocenters. The van der Waals surface area contributed by atoms with Crippen LogP contribution in [-0.2, 0) is 19.1 Å². The second-order valence-corrected chi connectivity index (χ2v) is 9.24. The Hall–Kier alpha value is -1.78. The highest BCUT2D eigenvalue weighted by Gasteiger charge is 2.58. The molecule has 0 amide bonds. The number of hydrogen-bond acceptors (Lipinski definition) is 5. The van der Waals surface area contributed by atoms with Crippen LogP contribution in [0.4, 0.5) is 0 Å². The van der Waals surface area contributed by atoms with Gasteiger partial charge in [0.15, 0.2) is 0 Å². The zero-order valence-corrected chi connectivity index (χ0v) is 18.4. The molecule has 0 radical (unpaired) electrons. The molecule has 0 bridgehead atoms. The highest BCUT2D eigenvalue weighted by molar-refractivity contribution is 5.82. The van der Waals surface area contributed by atoms with Crippen molar-refractivity contribution in [3.63, 3.8) is 0 Å². The van der Waals surface area contributed by atoms with Crippen molar-refractivity contribution in [2.24, 2.45) is 22.7 Å². The Morgan fingerprint density at radius 1 is 1.29 bits per heavy atom. The van der Waals surface area contributed by atoms with Gasteiger partial charge in [0.1, 0.15) is 6.10 Å².